The summed E-state index contributed by atoms with van der Waals surface area (Å²) in [5.41, 5.74) is 5.30. The molecular weight excluding hydrogens is 448 g/mol. The van der Waals surface area contributed by atoms with Crippen LogP contribution in [0.5, 0.6) is 0 Å². The Morgan fingerprint density at radius 2 is 1.78 bits per heavy atom. The molecule has 1 N–H and O–H groups in total. The molecule has 6 nitrogen and oxygen atoms in total. The number of likely N-dealkylation sites (tertiary alicyclic amines) is 1. The number of rotatable bonds is 3. The molecule has 7 rings (SSSR count). The van der Waals surface area contributed by atoms with Crippen molar-refractivity contribution in [3.8, 4) is 11.3 Å². The van der Waals surface area contributed by atoms with E-state index in [-0.39, 0.29) is 5.91 Å². The molecule has 0 atom stereocenters. The molecular formula is C30H24N4O2. The summed E-state index contributed by atoms with van der Waals surface area (Å²) in [6, 6.07) is 22.0. The third-order valence-corrected chi connectivity index (χ3v) is 7.35. The smallest absolute Gasteiger partial charge is 0.272 e. The number of benzene rings is 2. The SMILES string of the molecule is O=C(c1ccc2cncc(-c3cc4ccccc4o3)c2n1)N1CCC(c2c[nH]c3ccccc23)CC1. The topological polar surface area (TPSA) is 75.0 Å². The van der Waals surface area contributed by atoms with E-state index in [0.29, 0.717) is 17.4 Å². The van der Waals surface area contributed by atoms with Gasteiger partial charge in [0.1, 0.15) is 17.0 Å². The number of hydrogen-bond acceptors (Lipinski definition) is 4. The fraction of sp³-hybridized carbons (Fsp3) is 0.167. The molecule has 1 fully saturated rings. The van der Waals surface area contributed by atoms with Gasteiger partial charge >= 0.3 is 0 Å². The molecule has 5 heterocycles. The van der Waals surface area contributed by atoms with Gasteiger partial charge in [-0.15, -0.1) is 0 Å². The Morgan fingerprint density at radius 3 is 2.67 bits per heavy atom. The molecule has 1 saturated heterocycles. The molecule has 4 aromatic heterocycles. The van der Waals surface area contributed by atoms with Crippen molar-refractivity contribution in [2.45, 2.75) is 18.8 Å². The van der Waals surface area contributed by atoms with Gasteiger partial charge in [-0.1, -0.05) is 36.4 Å². The standard InChI is InChI=1S/C30H24N4O2/c35-30(34-13-11-19(12-14-34)23-18-32-25-7-3-2-6-22(23)25)26-10-9-21-16-31-17-24(29(21)33-26)28-15-20-5-1-4-8-27(20)36-28/h1-10,15-19,32H,11-14H2. The maximum atomic E-state index is 13.5. The normalized spacial score (nSPS) is 14.7. The monoisotopic (exact) mass is 472 g/mol. The Labute approximate surface area is 207 Å². The van der Waals surface area contributed by atoms with Crippen LogP contribution in [0.4, 0.5) is 0 Å². The molecule has 6 aromatic rings. The number of H-pyrrole nitrogens is 1. The second-order valence-electron chi connectivity index (χ2n) is 9.46. The summed E-state index contributed by atoms with van der Waals surface area (Å²) >= 11 is 0. The van der Waals surface area contributed by atoms with Crippen LogP contribution in [-0.2, 0) is 0 Å². The Bertz CT molecular complexity index is 1710. The van der Waals surface area contributed by atoms with Crippen molar-refractivity contribution in [1.29, 1.82) is 0 Å². The van der Waals surface area contributed by atoms with Crippen LogP contribution < -0.4 is 0 Å². The summed E-state index contributed by atoms with van der Waals surface area (Å²) in [6.45, 7) is 1.44. The highest BCUT2D eigenvalue weighted by atomic mass is 16.3. The van der Waals surface area contributed by atoms with Crippen molar-refractivity contribution in [2.24, 2.45) is 0 Å². The largest absolute Gasteiger partial charge is 0.456 e. The van der Waals surface area contributed by atoms with Crippen LogP contribution in [-0.4, -0.2) is 38.8 Å². The Kier molecular flexibility index (Phi) is 4.84. The first-order valence-corrected chi connectivity index (χ1v) is 12.3. The summed E-state index contributed by atoms with van der Waals surface area (Å²) in [5.74, 6) is 1.12. The van der Waals surface area contributed by atoms with E-state index < -0.39 is 0 Å². The van der Waals surface area contributed by atoms with Crippen molar-refractivity contribution in [1.82, 2.24) is 19.9 Å². The first kappa shape index (κ1) is 20.9. The van der Waals surface area contributed by atoms with Gasteiger partial charge in [0, 0.05) is 53.4 Å². The first-order chi connectivity index (χ1) is 17.7. The lowest BCUT2D eigenvalue weighted by atomic mass is 9.89. The van der Waals surface area contributed by atoms with Crippen molar-refractivity contribution in [2.75, 3.05) is 13.1 Å². The molecule has 1 amide bonds. The summed E-state index contributed by atoms with van der Waals surface area (Å²) in [7, 11) is 0. The number of fused-ring (bicyclic) bond motifs is 3. The molecule has 0 bridgehead atoms. The summed E-state index contributed by atoms with van der Waals surface area (Å²) in [5, 5.41) is 3.18. The molecule has 0 spiro atoms. The van der Waals surface area contributed by atoms with Crippen LogP contribution in [0, 0.1) is 0 Å². The molecule has 1 aliphatic heterocycles. The lowest BCUT2D eigenvalue weighted by molar-refractivity contribution is 0.0708. The minimum atomic E-state index is -0.0263. The number of pyridine rings is 2. The van der Waals surface area contributed by atoms with E-state index >= 15 is 0 Å². The van der Waals surface area contributed by atoms with Crippen molar-refractivity contribution >= 4 is 38.7 Å². The molecule has 2 aromatic carbocycles. The average molecular weight is 473 g/mol. The number of carbonyl (C=O) groups excluding carboxylic acids is 1. The number of aromatic amines is 1. The maximum Gasteiger partial charge on any atom is 0.272 e. The zero-order chi connectivity index (χ0) is 24.1. The number of hydrogen-bond donors (Lipinski definition) is 1. The van der Waals surface area contributed by atoms with E-state index in [9.17, 15) is 4.79 Å². The van der Waals surface area contributed by atoms with Gasteiger partial charge in [-0.25, -0.2) is 4.98 Å². The van der Waals surface area contributed by atoms with E-state index in [1.165, 1.54) is 16.5 Å². The van der Waals surface area contributed by atoms with Gasteiger partial charge < -0.3 is 14.3 Å². The highest BCUT2D eigenvalue weighted by Crippen LogP contribution is 2.34. The van der Waals surface area contributed by atoms with Crippen LogP contribution in [0.15, 0.2) is 89.7 Å². The lowest BCUT2D eigenvalue weighted by Crippen LogP contribution is -2.38. The second-order valence-corrected chi connectivity index (χ2v) is 9.46. The third-order valence-electron chi connectivity index (χ3n) is 7.35. The quantitative estimate of drug-likeness (QED) is 0.317. The Balaban J connectivity index is 1.16. The Morgan fingerprint density at radius 1 is 0.944 bits per heavy atom. The highest BCUT2D eigenvalue weighted by Gasteiger charge is 2.27. The van der Waals surface area contributed by atoms with Crippen LogP contribution in [0.1, 0.15) is 34.8 Å². The summed E-state index contributed by atoms with van der Waals surface area (Å²) < 4.78 is 6.08. The number of furan rings is 1. The van der Waals surface area contributed by atoms with Crippen LogP contribution in [0.2, 0.25) is 0 Å². The Hall–Kier alpha value is -4.45. The van der Waals surface area contributed by atoms with Crippen molar-refractivity contribution < 1.29 is 9.21 Å². The molecule has 6 heteroatoms. The van der Waals surface area contributed by atoms with Gasteiger partial charge in [0.15, 0.2) is 0 Å². The van der Waals surface area contributed by atoms with Crippen molar-refractivity contribution in [3.63, 3.8) is 0 Å². The number of carbonyl (C=O) groups is 1. The van der Waals surface area contributed by atoms with Gasteiger partial charge in [0.25, 0.3) is 5.91 Å². The fourth-order valence-corrected chi connectivity index (χ4v) is 5.44. The van der Waals surface area contributed by atoms with Gasteiger partial charge in [-0.05, 0) is 54.7 Å². The number of piperidine rings is 1. The zero-order valence-corrected chi connectivity index (χ0v) is 19.6. The predicted molar refractivity (Wildman–Crippen MR) is 141 cm³/mol. The minimum absolute atomic E-state index is 0.0263. The second kappa shape index (κ2) is 8.34. The molecule has 0 unspecified atom stereocenters. The fourth-order valence-electron chi connectivity index (χ4n) is 5.44. The predicted octanol–water partition coefficient (Wildman–Crippen LogP) is 6.54. The molecule has 176 valence electrons. The van der Waals surface area contributed by atoms with Gasteiger partial charge in [0.2, 0.25) is 0 Å². The van der Waals surface area contributed by atoms with E-state index in [1.54, 1.807) is 18.5 Å². The number of nitrogens with zero attached hydrogens (tertiary/aromatic N) is 3. The van der Waals surface area contributed by atoms with Gasteiger partial charge in [-0.2, -0.15) is 0 Å². The first-order valence-electron chi connectivity index (χ1n) is 12.3. The average Bonchev–Trinajstić information content (AvgIpc) is 3.57. The molecule has 0 aliphatic carbocycles. The number of nitrogens with one attached hydrogen (secondary N) is 1. The maximum absolute atomic E-state index is 13.5. The minimum Gasteiger partial charge on any atom is -0.456 e. The number of amides is 1. The number of para-hydroxylation sites is 2. The van der Waals surface area contributed by atoms with E-state index in [1.807, 2.05) is 41.3 Å². The number of aromatic nitrogens is 3. The molecule has 36 heavy (non-hydrogen) atoms. The zero-order valence-electron chi connectivity index (χ0n) is 19.6. The highest BCUT2D eigenvalue weighted by molar-refractivity contribution is 5.99. The lowest BCUT2D eigenvalue weighted by Gasteiger charge is -2.31. The van der Waals surface area contributed by atoms with Crippen LogP contribution in [0.25, 0.3) is 44.1 Å². The van der Waals surface area contributed by atoms with Crippen LogP contribution in [0.3, 0.4) is 0 Å². The van der Waals surface area contributed by atoms with Crippen molar-refractivity contribution in [3.05, 3.63) is 96.6 Å². The molecule has 0 radical (unpaired) electrons. The van der Waals surface area contributed by atoms with E-state index in [2.05, 4.69) is 40.4 Å². The van der Waals surface area contributed by atoms with E-state index in [0.717, 1.165) is 53.4 Å². The van der Waals surface area contributed by atoms with Gasteiger partial charge in [-0.3, -0.25) is 9.78 Å². The van der Waals surface area contributed by atoms with Gasteiger partial charge in [0.05, 0.1) is 11.1 Å². The molecule has 0 saturated carbocycles. The summed E-state index contributed by atoms with van der Waals surface area (Å²) in [6.07, 6.45) is 7.54. The molecule has 1 aliphatic rings. The van der Waals surface area contributed by atoms with E-state index in [4.69, 9.17) is 9.40 Å². The van der Waals surface area contributed by atoms with Crippen LogP contribution >= 0.6 is 0 Å². The third kappa shape index (κ3) is 3.45. The summed E-state index contributed by atoms with van der Waals surface area (Å²) in [4.78, 5) is 28.0.